The molecular weight excluding hydrogens is 264 g/mol. The number of morpholine rings is 1. The number of hydrogen-bond acceptors (Lipinski definition) is 4. The summed E-state index contributed by atoms with van der Waals surface area (Å²) in [5.41, 5.74) is -1.06. The Morgan fingerprint density at radius 3 is 2.90 bits per heavy atom. The first-order valence-electron chi connectivity index (χ1n) is 6.95. The van der Waals surface area contributed by atoms with Crippen molar-refractivity contribution < 1.29 is 24.2 Å². The molecule has 2 aliphatic heterocycles. The van der Waals surface area contributed by atoms with Crippen molar-refractivity contribution in [1.29, 1.82) is 0 Å². The van der Waals surface area contributed by atoms with E-state index in [-0.39, 0.29) is 25.3 Å². The number of carbonyl (C=O) groups is 2. The summed E-state index contributed by atoms with van der Waals surface area (Å²) < 4.78 is 10.7. The largest absolute Gasteiger partial charge is 0.481 e. The molecule has 0 aromatic rings. The van der Waals surface area contributed by atoms with E-state index in [0.29, 0.717) is 19.7 Å². The number of carboxylic acids is 1. The van der Waals surface area contributed by atoms with E-state index in [1.807, 2.05) is 6.92 Å². The molecule has 0 aromatic heterocycles. The fourth-order valence-corrected chi connectivity index (χ4v) is 2.48. The summed E-state index contributed by atoms with van der Waals surface area (Å²) in [6, 6.07) is -0.745. The highest BCUT2D eigenvalue weighted by Crippen LogP contribution is 2.28. The number of hydrogen-bond donors (Lipinski definition) is 2. The highest BCUT2D eigenvalue weighted by Gasteiger charge is 2.47. The maximum absolute atomic E-state index is 12.2. The Balaban J connectivity index is 1.95. The van der Waals surface area contributed by atoms with Crippen LogP contribution in [0.5, 0.6) is 0 Å². The van der Waals surface area contributed by atoms with Gasteiger partial charge in [-0.25, -0.2) is 4.79 Å². The zero-order valence-corrected chi connectivity index (χ0v) is 11.9. The number of aliphatic carboxylic acids is 1. The van der Waals surface area contributed by atoms with E-state index < -0.39 is 17.4 Å². The molecule has 2 amide bonds. The number of rotatable bonds is 3. The van der Waals surface area contributed by atoms with Crippen molar-refractivity contribution in [2.24, 2.45) is 5.41 Å². The minimum absolute atomic E-state index is 0.0557. The molecule has 2 fully saturated rings. The fraction of sp³-hybridized carbons (Fsp3) is 0.846. The molecule has 114 valence electrons. The molecule has 0 aromatic carbocycles. The maximum atomic E-state index is 12.2. The van der Waals surface area contributed by atoms with Gasteiger partial charge in [0.25, 0.3) is 0 Å². The average Bonchev–Trinajstić information content (AvgIpc) is 2.81. The number of nitrogens with zero attached hydrogens (tertiary/aromatic N) is 1. The van der Waals surface area contributed by atoms with E-state index in [1.54, 1.807) is 11.8 Å². The molecule has 0 spiro atoms. The van der Waals surface area contributed by atoms with Crippen molar-refractivity contribution in [3.8, 4) is 0 Å². The van der Waals surface area contributed by atoms with Gasteiger partial charge in [0.1, 0.15) is 5.41 Å². The van der Waals surface area contributed by atoms with Gasteiger partial charge in [0.05, 0.1) is 32.0 Å². The summed E-state index contributed by atoms with van der Waals surface area (Å²) in [5.74, 6) is -0.950. The van der Waals surface area contributed by atoms with Crippen molar-refractivity contribution in [3.63, 3.8) is 0 Å². The van der Waals surface area contributed by atoms with Crippen LogP contribution in [-0.4, -0.2) is 67.1 Å². The minimum atomic E-state index is -1.06. The maximum Gasteiger partial charge on any atom is 0.317 e. The Kier molecular flexibility index (Phi) is 4.49. The Hall–Kier alpha value is -1.34. The molecule has 2 N–H and O–H groups in total. The number of nitrogens with one attached hydrogen (secondary N) is 1. The van der Waals surface area contributed by atoms with Gasteiger partial charge < -0.3 is 24.8 Å². The highest BCUT2D eigenvalue weighted by atomic mass is 16.5. The van der Waals surface area contributed by atoms with Gasteiger partial charge in [0.15, 0.2) is 0 Å². The second-order valence-electron chi connectivity index (χ2n) is 5.59. The van der Waals surface area contributed by atoms with Crippen molar-refractivity contribution in [1.82, 2.24) is 10.2 Å². The van der Waals surface area contributed by atoms with Gasteiger partial charge in [-0.15, -0.1) is 0 Å². The molecule has 3 atom stereocenters. The van der Waals surface area contributed by atoms with E-state index in [1.165, 1.54) is 0 Å². The molecular formula is C13H22N2O5. The van der Waals surface area contributed by atoms with Crippen LogP contribution < -0.4 is 5.32 Å². The van der Waals surface area contributed by atoms with Gasteiger partial charge in [-0.1, -0.05) is 6.92 Å². The van der Waals surface area contributed by atoms with Crippen molar-refractivity contribution in [2.45, 2.75) is 32.4 Å². The predicted octanol–water partition coefficient (Wildman–Crippen LogP) is 0.297. The molecule has 0 aliphatic carbocycles. The first kappa shape index (κ1) is 15.1. The molecule has 3 unspecified atom stereocenters. The lowest BCUT2D eigenvalue weighted by atomic mass is 9.85. The zero-order valence-electron chi connectivity index (χ0n) is 11.9. The van der Waals surface area contributed by atoms with Crippen LogP contribution >= 0.6 is 0 Å². The van der Waals surface area contributed by atoms with Crippen LogP contribution in [0.15, 0.2) is 0 Å². The lowest BCUT2D eigenvalue weighted by molar-refractivity contribution is -0.148. The summed E-state index contributed by atoms with van der Waals surface area (Å²) in [6.07, 6.45) is 0.906. The van der Waals surface area contributed by atoms with E-state index >= 15 is 0 Å². The van der Waals surface area contributed by atoms with E-state index in [9.17, 15) is 14.7 Å². The summed E-state index contributed by atoms with van der Waals surface area (Å²) in [4.78, 5) is 25.2. The van der Waals surface area contributed by atoms with Gasteiger partial charge in [0.2, 0.25) is 0 Å². The third-order valence-corrected chi connectivity index (χ3v) is 4.12. The topological polar surface area (TPSA) is 88.1 Å². The molecule has 2 rings (SSSR count). The molecule has 2 aliphatic rings. The normalized spacial score (nSPS) is 34.0. The number of amides is 2. The fourth-order valence-electron chi connectivity index (χ4n) is 2.48. The Bertz CT molecular complexity index is 389. The lowest BCUT2D eigenvalue weighted by Gasteiger charge is -2.34. The van der Waals surface area contributed by atoms with Gasteiger partial charge in [-0.3, -0.25) is 4.79 Å². The molecule has 2 saturated heterocycles. The quantitative estimate of drug-likeness (QED) is 0.779. The zero-order chi connectivity index (χ0) is 14.8. The van der Waals surface area contributed by atoms with Gasteiger partial charge in [-0.2, -0.15) is 0 Å². The molecule has 0 radical (unpaired) electrons. The van der Waals surface area contributed by atoms with Crippen LogP contribution in [0.3, 0.4) is 0 Å². The standard InChI is InChI=1S/C13H22N2O5/c1-3-9-6-15(4-5-20-9)12(18)14-10-7-19-8-13(10,2)11(16)17/h9-10H,3-8H2,1-2H3,(H,14,18)(H,16,17). The highest BCUT2D eigenvalue weighted by molar-refractivity contribution is 5.79. The Morgan fingerprint density at radius 1 is 1.50 bits per heavy atom. The Morgan fingerprint density at radius 2 is 2.25 bits per heavy atom. The van der Waals surface area contributed by atoms with Crippen LogP contribution in [0.4, 0.5) is 4.79 Å². The monoisotopic (exact) mass is 286 g/mol. The second-order valence-corrected chi connectivity index (χ2v) is 5.59. The van der Waals surface area contributed by atoms with Crippen LogP contribution in [0.1, 0.15) is 20.3 Å². The number of ether oxygens (including phenoxy) is 2. The molecule has 2 heterocycles. The second kappa shape index (κ2) is 5.97. The SMILES string of the molecule is CCC1CN(C(=O)NC2COCC2(C)C(=O)O)CCO1. The number of urea groups is 1. The molecule has 7 heteroatoms. The third kappa shape index (κ3) is 2.88. The van der Waals surface area contributed by atoms with Crippen molar-refractivity contribution >= 4 is 12.0 Å². The van der Waals surface area contributed by atoms with E-state index in [2.05, 4.69) is 5.32 Å². The summed E-state index contributed by atoms with van der Waals surface area (Å²) >= 11 is 0. The number of carboxylic acid groups (broad SMARTS) is 1. The minimum Gasteiger partial charge on any atom is -0.481 e. The summed E-state index contributed by atoms with van der Waals surface area (Å²) in [7, 11) is 0. The average molecular weight is 286 g/mol. The van der Waals surface area contributed by atoms with Crippen LogP contribution in [0.25, 0.3) is 0 Å². The van der Waals surface area contributed by atoms with E-state index in [0.717, 1.165) is 6.42 Å². The summed E-state index contributed by atoms with van der Waals surface area (Å²) in [5, 5.41) is 12.1. The molecule has 0 saturated carbocycles. The smallest absolute Gasteiger partial charge is 0.317 e. The van der Waals surface area contributed by atoms with Crippen molar-refractivity contribution in [3.05, 3.63) is 0 Å². The lowest BCUT2D eigenvalue weighted by Crippen LogP contribution is -2.56. The van der Waals surface area contributed by atoms with Crippen LogP contribution in [0, 0.1) is 5.41 Å². The summed E-state index contributed by atoms with van der Waals surface area (Å²) in [6.45, 7) is 5.55. The van der Waals surface area contributed by atoms with Crippen LogP contribution in [0.2, 0.25) is 0 Å². The van der Waals surface area contributed by atoms with Crippen molar-refractivity contribution in [2.75, 3.05) is 32.9 Å². The van der Waals surface area contributed by atoms with Gasteiger partial charge in [0, 0.05) is 13.1 Å². The third-order valence-electron chi connectivity index (χ3n) is 4.12. The van der Waals surface area contributed by atoms with Crippen LogP contribution in [-0.2, 0) is 14.3 Å². The molecule has 20 heavy (non-hydrogen) atoms. The molecule has 0 bridgehead atoms. The number of carbonyl (C=O) groups excluding carboxylic acids is 1. The van der Waals surface area contributed by atoms with E-state index in [4.69, 9.17) is 9.47 Å². The van der Waals surface area contributed by atoms with Gasteiger partial charge in [-0.05, 0) is 13.3 Å². The first-order valence-corrected chi connectivity index (χ1v) is 6.95. The van der Waals surface area contributed by atoms with Gasteiger partial charge >= 0.3 is 12.0 Å². The Labute approximate surface area is 118 Å². The first-order chi connectivity index (χ1) is 9.47. The predicted molar refractivity (Wildman–Crippen MR) is 70.5 cm³/mol. The molecule has 7 nitrogen and oxygen atoms in total.